The second kappa shape index (κ2) is 5.75. The number of carbonyl (C=O) groups excluding carboxylic acids is 1. The molecule has 20 heavy (non-hydrogen) atoms. The van der Waals surface area contributed by atoms with Crippen LogP contribution in [0.15, 0.2) is 42.5 Å². The molecule has 102 valence electrons. The van der Waals surface area contributed by atoms with E-state index in [1.54, 1.807) is 6.92 Å². The fourth-order valence-electron chi connectivity index (χ4n) is 2.08. The van der Waals surface area contributed by atoms with E-state index in [1.165, 1.54) is 0 Å². The third-order valence-electron chi connectivity index (χ3n) is 3.55. The molecule has 2 aromatic carbocycles. The van der Waals surface area contributed by atoms with Crippen LogP contribution in [0, 0.1) is 11.3 Å². The van der Waals surface area contributed by atoms with Gasteiger partial charge < -0.3 is 5.32 Å². The summed E-state index contributed by atoms with van der Waals surface area (Å²) in [5.74, 6) is -0.119. The first-order valence-corrected chi connectivity index (χ1v) is 6.76. The van der Waals surface area contributed by atoms with Crippen molar-refractivity contribution in [2.24, 2.45) is 0 Å². The summed E-state index contributed by atoms with van der Waals surface area (Å²) in [6, 6.07) is 16.2. The predicted molar refractivity (Wildman–Crippen MR) is 80.1 cm³/mol. The van der Waals surface area contributed by atoms with E-state index in [-0.39, 0.29) is 5.91 Å². The van der Waals surface area contributed by atoms with Crippen LogP contribution in [0.3, 0.4) is 0 Å². The fourth-order valence-corrected chi connectivity index (χ4v) is 2.08. The molecule has 0 aliphatic rings. The minimum Gasteiger partial charge on any atom is -0.338 e. The maximum Gasteiger partial charge on any atom is 0.225 e. The molecule has 2 rings (SSSR count). The van der Waals surface area contributed by atoms with E-state index in [1.807, 2.05) is 49.4 Å². The average molecular weight is 266 g/mol. The van der Waals surface area contributed by atoms with Gasteiger partial charge in [-0.05, 0) is 29.7 Å². The summed E-state index contributed by atoms with van der Waals surface area (Å²) >= 11 is 0. The van der Waals surface area contributed by atoms with E-state index in [0.717, 1.165) is 16.3 Å². The van der Waals surface area contributed by atoms with Gasteiger partial charge in [-0.15, -0.1) is 0 Å². The molecule has 0 fully saturated rings. The summed E-state index contributed by atoms with van der Waals surface area (Å²) in [6.07, 6.45) is 0.884. The molecule has 0 bridgehead atoms. The lowest BCUT2D eigenvalue weighted by Gasteiger charge is -2.21. The highest BCUT2D eigenvalue weighted by Gasteiger charge is 2.23. The Morgan fingerprint density at radius 1 is 1.25 bits per heavy atom. The largest absolute Gasteiger partial charge is 0.338 e. The van der Waals surface area contributed by atoms with Crippen molar-refractivity contribution in [3.05, 3.63) is 48.0 Å². The number of nitrogens with zero attached hydrogens (tertiary/aromatic N) is 1. The Kier molecular flexibility index (Phi) is 4.05. The molecule has 0 aromatic heterocycles. The minimum atomic E-state index is -0.784. The number of fused-ring (bicyclic) bond motifs is 1. The van der Waals surface area contributed by atoms with Crippen LogP contribution in [0.4, 0.5) is 0 Å². The molecule has 0 spiro atoms. The first-order chi connectivity index (χ1) is 9.56. The van der Waals surface area contributed by atoms with Crippen LogP contribution in [-0.2, 0) is 11.2 Å². The second-order valence-electron chi connectivity index (χ2n) is 5.20. The van der Waals surface area contributed by atoms with Crippen molar-refractivity contribution in [1.82, 2.24) is 5.32 Å². The van der Waals surface area contributed by atoms with Crippen LogP contribution in [0.5, 0.6) is 0 Å². The van der Waals surface area contributed by atoms with Crippen molar-refractivity contribution in [1.29, 1.82) is 5.26 Å². The lowest BCUT2D eigenvalue weighted by atomic mass is 10.00. The predicted octanol–water partition coefficient (Wildman–Crippen LogP) is 3.19. The van der Waals surface area contributed by atoms with Gasteiger partial charge in [0.05, 0.1) is 12.5 Å². The lowest BCUT2D eigenvalue weighted by Crippen LogP contribution is -2.44. The van der Waals surface area contributed by atoms with Crippen LogP contribution in [0.2, 0.25) is 0 Å². The van der Waals surface area contributed by atoms with Gasteiger partial charge in [0.25, 0.3) is 0 Å². The van der Waals surface area contributed by atoms with Crippen molar-refractivity contribution < 1.29 is 4.79 Å². The lowest BCUT2D eigenvalue weighted by molar-refractivity contribution is -0.121. The maximum absolute atomic E-state index is 12.0. The second-order valence-corrected chi connectivity index (χ2v) is 5.20. The Morgan fingerprint density at radius 3 is 2.60 bits per heavy atom. The first kappa shape index (κ1) is 14.1. The molecule has 3 nitrogen and oxygen atoms in total. The van der Waals surface area contributed by atoms with Gasteiger partial charge in [-0.25, -0.2) is 0 Å². The number of amides is 1. The number of nitrogens with one attached hydrogen (secondary N) is 1. The van der Waals surface area contributed by atoms with Crippen molar-refractivity contribution in [3.8, 4) is 6.07 Å². The highest BCUT2D eigenvalue weighted by Crippen LogP contribution is 2.16. The van der Waals surface area contributed by atoms with E-state index in [2.05, 4.69) is 11.4 Å². The van der Waals surface area contributed by atoms with E-state index in [0.29, 0.717) is 12.8 Å². The monoisotopic (exact) mass is 266 g/mol. The van der Waals surface area contributed by atoms with Gasteiger partial charge in [0.15, 0.2) is 0 Å². The molecule has 0 heterocycles. The minimum absolute atomic E-state index is 0.119. The molecule has 1 atom stereocenters. The van der Waals surface area contributed by atoms with Gasteiger partial charge in [-0.2, -0.15) is 5.26 Å². The van der Waals surface area contributed by atoms with Gasteiger partial charge in [0, 0.05) is 0 Å². The van der Waals surface area contributed by atoms with Crippen molar-refractivity contribution in [2.45, 2.75) is 32.2 Å². The summed E-state index contributed by atoms with van der Waals surface area (Å²) in [5.41, 5.74) is 0.172. The summed E-state index contributed by atoms with van der Waals surface area (Å²) in [5, 5.41) is 14.1. The zero-order chi connectivity index (χ0) is 14.6. The Bertz CT molecular complexity index is 672. The first-order valence-electron chi connectivity index (χ1n) is 6.76. The van der Waals surface area contributed by atoms with Gasteiger partial charge >= 0.3 is 0 Å². The van der Waals surface area contributed by atoms with Crippen LogP contribution < -0.4 is 5.32 Å². The third-order valence-corrected chi connectivity index (χ3v) is 3.55. The SMILES string of the molecule is CC[C@](C)(C#N)NC(=O)Cc1ccc2ccccc2c1. The van der Waals surface area contributed by atoms with E-state index in [4.69, 9.17) is 5.26 Å². The number of nitriles is 1. The smallest absolute Gasteiger partial charge is 0.225 e. The quantitative estimate of drug-likeness (QED) is 0.924. The molecular weight excluding hydrogens is 248 g/mol. The van der Waals surface area contributed by atoms with Crippen LogP contribution in [-0.4, -0.2) is 11.4 Å². The van der Waals surface area contributed by atoms with E-state index < -0.39 is 5.54 Å². The van der Waals surface area contributed by atoms with Gasteiger partial charge in [0.2, 0.25) is 5.91 Å². The molecule has 0 saturated heterocycles. The molecule has 0 unspecified atom stereocenters. The van der Waals surface area contributed by atoms with Gasteiger partial charge in [-0.3, -0.25) is 4.79 Å². The molecule has 3 heteroatoms. The highest BCUT2D eigenvalue weighted by molar-refractivity contribution is 5.85. The number of hydrogen-bond acceptors (Lipinski definition) is 2. The summed E-state index contributed by atoms with van der Waals surface area (Å²) in [7, 11) is 0. The van der Waals surface area contributed by atoms with Crippen LogP contribution in [0.25, 0.3) is 10.8 Å². The molecule has 1 N–H and O–H groups in total. The van der Waals surface area contributed by atoms with Crippen LogP contribution >= 0.6 is 0 Å². The summed E-state index contributed by atoms with van der Waals surface area (Å²) in [4.78, 5) is 12.0. The number of hydrogen-bond donors (Lipinski definition) is 1. The number of rotatable bonds is 4. The van der Waals surface area contributed by atoms with Crippen molar-refractivity contribution in [3.63, 3.8) is 0 Å². The fraction of sp³-hybridized carbons (Fsp3) is 0.294. The molecule has 1 amide bonds. The Labute approximate surface area is 119 Å². The Balaban J connectivity index is 2.12. The number of carbonyl (C=O) groups is 1. The zero-order valence-electron chi connectivity index (χ0n) is 11.8. The molecular formula is C17H18N2O. The summed E-state index contributed by atoms with van der Waals surface area (Å²) < 4.78 is 0. The topological polar surface area (TPSA) is 52.9 Å². The highest BCUT2D eigenvalue weighted by atomic mass is 16.1. The van der Waals surface area contributed by atoms with E-state index in [9.17, 15) is 4.79 Å². The average Bonchev–Trinajstić information content (AvgIpc) is 2.47. The maximum atomic E-state index is 12.0. The number of benzene rings is 2. The Hall–Kier alpha value is -2.34. The summed E-state index contributed by atoms with van der Waals surface area (Å²) in [6.45, 7) is 3.63. The molecule has 0 saturated carbocycles. The molecule has 2 aromatic rings. The van der Waals surface area contributed by atoms with Gasteiger partial charge in [-0.1, -0.05) is 49.4 Å². The normalized spacial score (nSPS) is 13.4. The van der Waals surface area contributed by atoms with Crippen LogP contribution in [0.1, 0.15) is 25.8 Å². The third kappa shape index (κ3) is 3.16. The molecule has 0 aliphatic carbocycles. The van der Waals surface area contributed by atoms with Gasteiger partial charge in [0.1, 0.15) is 5.54 Å². The zero-order valence-corrected chi connectivity index (χ0v) is 11.8. The molecule has 0 radical (unpaired) electrons. The molecule has 0 aliphatic heterocycles. The van der Waals surface area contributed by atoms with E-state index >= 15 is 0 Å². The van der Waals surface area contributed by atoms with Crippen molar-refractivity contribution >= 4 is 16.7 Å². The standard InChI is InChI=1S/C17H18N2O/c1-3-17(2,12-18)19-16(20)11-13-8-9-14-6-4-5-7-15(14)10-13/h4-10H,3,11H2,1-2H3,(H,19,20)/t17-/m1/s1. The van der Waals surface area contributed by atoms with Crippen molar-refractivity contribution in [2.75, 3.05) is 0 Å². The Morgan fingerprint density at radius 2 is 1.95 bits per heavy atom.